The minimum absolute atomic E-state index is 0. The summed E-state index contributed by atoms with van der Waals surface area (Å²) < 4.78 is 0. The first kappa shape index (κ1) is 20.7. The summed E-state index contributed by atoms with van der Waals surface area (Å²) in [4.78, 5) is 5.47. The molecule has 0 amide bonds. The van der Waals surface area contributed by atoms with Gasteiger partial charge in [0.25, 0.3) is 0 Å². The minimum Gasteiger partial charge on any atom is -0.384 e. The summed E-state index contributed by atoms with van der Waals surface area (Å²) in [5, 5.41) is 1.30. The third-order valence-electron chi connectivity index (χ3n) is 2.44. The third-order valence-corrected chi connectivity index (χ3v) is 2.44. The van der Waals surface area contributed by atoms with Crippen molar-refractivity contribution in [2.45, 2.75) is 20.3 Å². The Hall–Kier alpha value is 0.356. The molecule has 1 heterocycles. The molecule has 0 fully saturated rings. The van der Waals surface area contributed by atoms with Gasteiger partial charge < -0.3 is 17.3 Å². The number of rotatable bonds is 3. The molecule has 0 saturated heterocycles. The summed E-state index contributed by atoms with van der Waals surface area (Å²) in [6.45, 7) is 5.09. The molecule has 0 bridgehead atoms. The van der Waals surface area contributed by atoms with Gasteiger partial charge in [0, 0.05) is 6.54 Å². The van der Waals surface area contributed by atoms with Crippen LogP contribution >= 0.6 is 0 Å². The van der Waals surface area contributed by atoms with Gasteiger partial charge in [-0.15, -0.1) is 11.5 Å². The fourth-order valence-electron chi connectivity index (χ4n) is 1.62. The zero-order valence-electron chi connectivity index (χ0n) is 12.7. The predicted octanol–water partition coefficient (Wildman–Crippen LogP) is 0.553. The standard InChI is InChI=1S/C12H15N2.C2H6.CH3.K/c1-14(2)8-7-10-9-13-12-6-4-3-5-11(10)12;1-2;;/h4-6,9,13H,7-8H2,1-2H3;1-2H3;1H3;/q-1;;-1;+1. The third kappa shape index (κ3) is 6.00. The van der Waals surface area contributed by atoms with Gasteiger partial charge in [0.15, 0.2) is 0 Å². The Balaban J connectivity index is 0. The van der Waals surface area contributed by atoms with E-state index in [-0.39, 0.29) is 58.8 Å². The van der Waals surface area contributed by atoms with Crippen LogP contribution in [0.1, 0.15) is 19.4 Å². The van der Waals surface area contributed by atoms with Gasteiger partial charge >= 0.3 is 51.4 Å². The van der Waals surface area contributed by atoms with E-state index >= 15 is 0 Å². The maximum atomic E-state index is 3.27. The molecule has 96 valence electrons. The van der Waals surface area contributed by atoms with Gasteiger partial charge in [-0.2, -0.15) is 18.2 Å². The topological polar surface area (TPSA) is 19.0 Å². The molecule has 0 aliphatic rings. The summed E-state index contributed by atoms with van der Waals surface area (Å²) in [6, 6.07) is 9.17. The normalized spacial score (nSPS) is 9.17. The molecule has 0 spiro atoms. The van der Waals surface area contributed by atoms with E-state index < -0.39 is 0 Å². The number of aromatic amines is 1. The van der Waals surface area contributed by atoms with Gasteiger partial charge in [-0.3, -0.25) is 0 Å². The molecule has 1 aromatic carbocycles. The Labute approximate surface area is 155 Å². The van der Waals surface area contributed by atoms with Crippen LogP contribution in [0.4, 0.5) is 0 Å². The number of hydrogen-bond acceptors (Lipinski definition) is 1. The average Bonchev–Trinajstić information content (AvgIpc) is 2.72. The second kappa shape index (κ2) is 11.2. The van der Waals surface area contributed by atoms with Gasteiger partial charge in [-0.1, -0.05) is 24.9 Å². The largest absolute Gasteiger partial charge is 1.00 e. The van der Waals surface area contributed by atoms with E-state index in [1.807, 2.05) is 19.9 Å². The fraction of sp³-hybridized carbons (Fsp3) is 0.400. The van der Waals surface area contributed by atoms with Crippen molar-refractivity contribution in [2.24, 2.45) is 0 Å². The van der Waals surface area contributed by atoms with Gasteiger partial charge in [-0.05, 0) is 26.7 Å². The second-order valence-corrected chi connectivity index (χ2v) is 3.84. The van der Waals surface area contributed by atoms with Crippen molar-refractivity contribution >= 4 is 10.9 Å². The van der Waals surface area contributed by atoms with Crippen molar-refractivity contribution in [1.82, 2.24) is 9.88 Å². The van der Waals surface area contributed by atoms with E-state index in [0.29, 0.717) is 0 Å². The molecule has 0 aliphatic heterocycles. The number of nitrogens with zero attached hydrogens (tertiary/aromatic N) is 1. The molecule has 0 radical (unpaired) electrons. The first-order valence-electron chi connectivity index (χ1n) is 5.88. The maximum Gasteiger partial charge on any atom is 1.00 e. The number of hydrogen-bond donors (Lipinski definition) is 1. The molecule has 2 rings (SSSR count). The summed E-state index contributed by atoms with van der Waals surface area (Å²) >= 11 is 0. The van der Waals surface area contributed by atoms with Crippen LogP contribution in [0, 0.1) is 13.5 Å². The van der Waals surface area contributed by atoms with Crippen molar-refractivity contribution < 1.29 is 51.4 Å². The Morgan fingerprint density at radius 3 is 2.56 bits per heavy atom. The van der Waals surface area contributed by atoms with Crippen molar-refractivity contribution in [1.29, 1.82) is 0 Å². The van der Waals surface area contributed by atoms with Crippen molar-refractivity contribution in [2.75, 3.05) is 20.6 Å². The first-order valence-corrected chi connectivity index (χ1v) is 5.88. The Morgan fingerprint density at radius 2 is 1.94 bits per heavy atom. The van der Waals surface area contributed by atoms with Crippen molar-refractivity contribution in [3.63, 3.8) is 0 Å². The Morgan fingerprint density at radius 1 is 1.28 bits per heavy atom. The second-order valence-electron chi connectivity index (χ2n) is 3.84. The fourth-order valence-corrected chi connectivity index (χ4v) is 1.62. The molecule has 0 atom stereocenters. The molecule has 1 aromatic heterocycles. The van der Waals surface area contributed by atoms with E-state index in [4.69, 9.17) is 0 Å². The van der Waals surface area contributed by atoms with Gasteiger partial charge in [0.1, 0.15) is 0 Å². The van der Waals surface area contributed by atoms with Gasteiger partial charge in [-0.25, -0.2) is 0 Å². The van der Waals surface area contributed by atoms with Crippen LogP contribution in [-0.4, -0.2) is 30.5 Å². The number of H-pyrrole nitrogens is 1. The molecular weight excluding hydrogens is 247 g/mol. The molecule has 0 aliphatic carbocycles. The van der Waals surface area contributed by atoms with Gasteiger partial charge in [0.05, 0.1) is 0 Å². The molecule has 0 unspecified atom stereocenters. The number of aromatic nitrogens is 1. The maximum absolute atomic E-state index is 3.27. The molecule has 1 N–H and O–H groups in total. The predicted molar refractivity (Wildman–Crippen MR) is 77.2 cm³/mol. The quantitative estimate of drug-likeness (QED) is 0.638. The van der Waals surface area contributed by atoms with Gasteiger partial charge in [0.2, 0.25) is 0 Å². The zero-order chi connectivity index (χ0) is 12.0. The van der Waals surface area contributed by atoms with Crippen LogP contribution in [0.2, 0.25) is 0 Å². The molecule has 18 heavy (non-hydrogen) atoms. The van der Waals surface area contributed by atoms with Crippen molar-refractivity contribution in [3.05, 3.63) is 43.5 Å². The zero-order valence-corrected chi connectivity index (χ0v) is 15.8. The van der Waals surface area contributed by atoms with Crippen LogP contribution in [-0.2, 0) is 6.42 Å². The summed E-state index contributed by atoms with van der Waals surface area (Å²) in [5.74, 6) is 0. The monoisotopic (exact) mass is 271 g/mol. The van der Waals surface area contributed by atoms with Crippen LogP contribution in [0.25, 0.3) is 10.9 Å². The van der Waals surface area contributed by atoms with Crippen LogP contribution in [0.5, 0.6) is 0 Å². The van der Waals surface area contributed by atoms with Crippen LogP contribution in [0.15, 0.2) is 24.4 Å². The van der Waals surface area contributed by atoms with E-state index in [1.165, 1.54) is 16.5 Å². The Bertz CT molecular complexity index is 421. The van der Waals surface area contributed by atoms with Crippen LogP contribution < -0.4 is 51.4 Å². The van der Waals surface area contributed by atoms with E-state index in [0.717, 1.165) is 13.0 Å². The molecule has 2 nitrogen and oxygen atoms in total. The summed E-state index contributed by atoms with van der Waals surface area (Å²) in [6.07, 6.45) is 3.19. The van der Waals surface area contributed by atoms with E-state index in [9.17, 15) is 0 Å². The molecule has 2 aromatic rings. The number of nitrogens with one attached hydrogen (secondary N) is 1. The SMILES string of the molecule is CC.CN(C)CCc1c[nH]c2cc[c-]cc12.[CH3-].[K+]. The average molecular weight is 271 g/mol. The number of benzene rings is 1. The smallest absolute Gasteiger partial charge is 0.384 e. The molecule has 0 saturated carbocycles. The first-order chi connectivity index (χ1) is 7.77. The number of likely N-dealkylation sites (N-methyl/N-ethyl adjacent to an activating group) is 1. The molecule has 3 heteroatoms. The molecular formula is C15H24KN2-. The van der Waals surface area contributed by atoms with Crippen LogP contribution in [0.3, 0.4) is 0 Å². The summed E-state index contributed by atoms with van der Waals surface area (Å²) in [5.41, 5.74) is 2.59. The number of fused-ring (bicyclic) bond motifs is 1. The summed E-state index contributed by atoms with van der Waals surface area (Å²) in [7, 11) is 4.20. The van der Waals surface area contributed by atoms with E-state index in [2.05, 4.69) is 48.4 Å². The Kier molecular flexibility index (Phi) is 12.9. The minimum atomic E-state index is 0. The van der Waals surface area contributed by atoms with Crippen molar-refractivity contribution in [3.8, 4) is 0 Å². The van der Waals surface area contributed by atoms with E-state index in [1.54, 1.807) is 0 Å².